The number of halogens is 1. The van der Waals surface area contributed by atoms with Crippen LogP contribution >= 0.6 is 0 Å². The summed E-state index contributed by atoms with van der Waals surface area (Å²) in [5, 5.41) is 4.28. The lowest BCUT2D eigenvalue weighted by atomic mass is 10.2. The highest BCUT2D eigenvalue weighted by Gasteiger charge is 2.22. The van der Waals surface area contributed by atoms with Crippen LogP contribution < -0.4 is 10.2 Å². The summed E-state index contributed by atoms with van der Waals surface area (Å²) < 4.78 is 14.1. The molecule has 5 rings (SSSR count). The molecule has 1 saturated heterocycles. The van der Waals surface area contributed by atoms with Gasteiger partial charge < -0.3 is 15.1 Å². The quantitative estimate of drug-likeness (QED) is 0.461. The van der Waals surface area contributed by atoms with E-state index >= 15 is 0 Å². The van der Waals surface area contributed by atoms with Crippen molar-refractivity contribution < 1.29 is 9.18 Å². The Balaban J connectivity index is 1.22. The van der Waals surface area contributed by atoms with Crippen LogP contribution in [-0.2, 0) is 4.79 Å². The third-order valence-electron chi connectivity index (χ3n) is 6.09. The van der Waals surface area contributed by atoms with Gasteiger partial charge in [-0.15, -0.1) is 0 Å². The van der Waals surface area contributed by atoms with Gasteiger partial charge in [0.1, 0.15) is 11.6 Å². The summed E-state index contributed by atoms with van der Waals surface area (Å²) in [6.45, 7) is 2.89. The Morgan fingerprint density at radius 2 is 1.56 bits per heavy atom. The molecule has 1 amide bonds. The fraction of sp³-hybridized carbons (Fsp3) is 0.222. The highest BCUT2D eigenvalue weighted by Crippen LogP contribution is 2.25. The second-order valence-corrected chi connectivity index (χ2v) is 8.28. The molecule has 1 N–H and O–H groups in total. The van der Waals surface area contributed by atoms with Gasteiger partial charge in [-0.2, -0.15) is 0 Å². The van der Waals surface area contributed by atoms with E-state index in [0.717, 1.165) is 22.3 Å². The van der Waals surface area contributed by atoms with E-state index in [1.54, 1.807) is 12.1 Å². The van der Waals surface area contributed by atoms with Crippen molar-refractivity contribution in [2.24, 2.45) is 0 Å². The number of amides is 1. The van der Waals surface area contributed by atoms with Gasteiger partial charge in [-0.25, -0.2) is 14.4 Å². The standard InChI is InChI=1S/C27H26FN5O/c28-22-11-5-7-13-24(22)32-16-18-33(19-17-32)25(34)14-15-29-27-21-10-4-6-12-23(21)30-26(31-27)20-8-2-1-3-9-20/h1-13H,14-19H2,(H,29,30,31). The van der Waals surface area contributed by atoms with Gasteiger partial charge in [0.25, 0.3) is 0 Å². The van der Waals surface area contributed by atoms with E-state index < -0.39 is 0 Å². The van der Waals surface area contributed by atoms with Crippen LogP contribution in [0.2, 0.25) is 0 Å². The molecule has 34 heavy (non-hydrogen) atoms. The molecule has 1 aromatic heterocycles. The molecule has 0 aliphatic carbocycles. The Labute approximate surface area is 198 Å². The van der Waals surface area contributed by atoms with Gasteiger partial charge in [0.2, 0.25) is 5.91 Å². The van der Waals surface area contributed by atoms with Gasteiger partial charge in [0.15, 0.2) is 5.82 Å². The minimum absolute atomic E-state index is 0.0855. The summed E-state index contributed by atoms with van der Waals surface area (Å²) >= 11 is 0. The number of anilines is 2. The number of nitrogens with one attached hydrogen (secondary N) is 1. The molecule has 0 atom stereocenters. The number of carbonyl (C=O) groups is 1. The fourth-order valence-corrected chi connectivity index (χ4v) is 4.28. The monoisotopic (exact) mass is 455 g/mol. The van der Waals surface area contributed by atoms with E-state index in [2.05, 4.69) is 5.32 Å². The third kappa shape index (κ3) is 4.69. The van der Waals surface area contributed by atoms with Crippen molar-refractivity contribution in [2.45, 2.75) is 6.42 Å². The number of carbonyl (C=O) groups excluding carboxylic acids is 1. The zero-order valence-corrected chi connectivity index (χ0v) is 18.8. The molecular formula is C27H26FN5O. The number of nitrogens with zero attached hydrogens (tertiary/aromatic N) is 4. The van der Waals surface area contributed by atoms with Crippen LogP contribution in [0.15, 0.2) is 78.9 Å². The second kappa shape index (κ2) is 9.87. The van der Waals surface area contributed by atoms with Crippen LogP contribution in [0.25, 0.3) is 22.3 Å². The lowest BCUT2D eigenvalue weighted by Gasteiger charge is -2.36. The van der Waals surface area contributed by atoms with Crippen LogP contribution in [0, 0.1) is 5.82 Å². The maximum atomic E-state index is 14.1. The minimum Gasteiger partial charge on any atom is -0.369 e. The van der Waals surface area contributed by atoms with Crippen LogP contribution in [-0.4, -0.2) is 53.5 Å². The summed E-state index contributed by atoms with van der Waals surface area (Å²) in [5.41, 5.74) is 2.40. The van der Waals surface area contributed by atoms with Crippen molar-refractivity contribution in [1.82, 2.24) is 14.9 Å². The number of rotatable bonds is 6. The zero-order chi connectivity index (χ0) is 23.3. The van der Waals surface area contributed by atoms with Crippen LogP contribution in [0.3, 0.4) is 0 Å². The maximum Gasteiger partial charge on any atom is 0.224 e. The molecule has 0 saturated carbocycles. The van der Waals surface area contributed by atoms with Crippen molar-refractivity contribution in [2.75, 3.05) is 42.9 Å². The maximum absolute atomic E-state index is 14.1. The summed E-state index contributed by atoms with van der Waals surface area (Å²) in [7, 11) is 0. The van der Waals surface area contributed by atoms with Crippen LogP contribution in [0.5, 0.6) is 0 Å². The predicted octanol–water partition coefficient (Wildman–Crippen LogP) is 4.59. The third-order valence-corrected chi connectivity index (χ3v) is 6.09. The molecule has 0 spiro atoms. The van der Waals surface area contributed by atoms with Crippen molar-refractivity contribution in [3.63, 3.8) is 0 Å². The molecule has 0 radical (unpaired) electrons. The summed E-state index contributed by atoms with van der Waals surface area (Å²) in [5.74, 6) is 1.24. The van der Waals surface area contributed by atoms with Crippen molar-refractivity contribution in [1.29, 1.82) is 0 Å². The molecular weight excluding hydrogens is 429 g/mol. The topological polar surface area (TPSA) is 61.4 Å². The predicted molar refractivity (Wildman–Crippen MR) is 133 cm³/mol. The van der Waals surface area contributed by atoms with E-state index in [4.69, 9.17) is 9.97 Å². The molecule has 0 bridgehead atoms. The lowest BCUT2D eigenvalue weighted by Crippen LogP contribution is -2.49. The number of para-hydroxylation sites is 2. The number of benzene rings is 3. The molecule has 3 aromatic carbocycles. The number of piperazine rings is 1. The summed E-state index contributed by atoms with van der Waals surface area (Å²) in [6.07, 6.45) is 0.360. The summed E-state index contributed by atoms with van der Waals surface area (Å²) in [6, 6.07) is 24.5. The molecule has 7 heteroatoms. The van der Waals surface area contributed by atoms with E-state index in [-0.39, 0.29) is 11.7 Å². The molecule has 1 fully saturated rings. The molecule has 1 aliphatic rings. The second-order valence-electron chi connectivity index (χ2n) is 8.28. The molecule has 0 unspecified atom stereocenters. The van der Waals surface area contributed by atoms with Gasteiger partial charge in [-0.05, 0) is 24.3 Å². The Kier molecular flexibility index (Phi) is 6.33. The SMILES string of the molecule is O=C(CCNc1nc(-c2ccccc2)nc2ccccc12)N1CCN(c2ccccc2F)CC1. The van der Waals surface area contributed by atoms with Gasteiger partial charge >= 0.3 is 0 Å². The molecule has 2 heterocycles. The molecule has 4 aromatic rings. The average molecular weight is 456 g/mol. The number of fused-ring (bicyclic) bond motifs is 1. The fourth-order valence-electron chi connectivity index (χ4n) is 4.28. The first-order valence-electron chi connectivity index (χ1n) is 11.5. The smallest absolute Gasteiger partial charge is 0.224 e. The first-order chi connectivity index (χ1) is 16.7. The van der Waals surface area contributed by atoms with Gasteiger partial charge in [-0.1, -0.05) is 54.6 Å². The van der Waals surface area contributed by atoms with Gasteiger partial charge in [0, 0.05) is 50.1 Å². The number of hydrogen-bond donors (Lipinski definition) is 1. The van der Waals surface area contributed by atoms with Crippen molar-refractivity contribution >= 4 is 28.3 Å². The Morgan fingerprint density at radius 3 is 2.35 bits per heavy atom. The highest BCUT2D eigenvalue weighted by atomic mass is 19.1. The van der Waals surface area contributed by atoms with Gasteiger partial charge in [-0.3, -0.25) is 4.79 Å². The van der Waals surface area contributed by atoms with E-state index in [9.17, 15) is 9.18 Å². The first kappa shape index (κ1) is 21.8. The van der Waals surface area contributed by atoms with E-state index in [1.165, 1.54) is 6.07 Å². The van der Waals surface area contributed by atoms with Crippen LogP contribution in [0.4, 0.5) is 15.9 Å². The zero-order valence-electron chi connectivity index (χ0n) is 18.8. The van der Waals surface area contributed by atoms with E-state index in [0.29, 0.717) is 50.7 Å². The Morgan fingerprint density at radius 1 is 0.853 bits per heavy atom. The minimum atomic E-state index is -0.224. The lowest BCUT2D eigenvalue weighted by molar-refractivity contribution is -0.131. The van der Waals surface area contributed by atoms with Crippen molar-refractivity contribution in [3.8, 4) is 11.4 Å². The van der Waals surface area contributed by atoms with E-state index in [1.807, 2.05) is 70.5 Å². The number of aromatic nitrogens is 2. The normalized spacial score (nSPS) is 13.8. The Bertz CT molecular complexity index is 1290. The highest BCUT2D eigenvalue weighted by molar-refractivity contribution is 5.90. The largest absolute Gasteiger partial charge is 0.369 e. The molecule has 1 aliphatic heterocycles. The van der Waals surface area contributed by atoms with Gasteiger partial charge in [0.05, 0.1) is 11.2 Å². The molecule has 6 nitrogen and oxygen atoms in total. The number of hydrogen-bond acceptors (Lipinski definition) is 5. The first-order valence-corrected chi connectivity index (χ1v) is 11.5. The average Bonchev–Trinajstić information content (AvgIpc) is 2.89. The Hall–Kier alpha value is -4.00. The molecule has 172 valence electrons. The summed E-state index contributed by atoms with van der Waals surface area (Å²) in [4.78, 5) is 26.1. The van der Waals surface area contributed by atoms with Crippen LogP contribution in [0.1, 0.15) is 6.42 Å². The van der Waals surface area contributed by atoms with Crippen molar-refractivity contribution in [3.05, 3.63) is 84.7 Å².